The van der Waals surface area contributed by atoms with Gasteiger partial charge in [-0.25, -0.2) is 13.1 Å². The second-order valence-electron chi connectivity index (χ2n) is 8.00. The molecular formula is C23H28N2O5S. The molecule has 0 spiro atoms. The highest BCUT2D eigenvalue weighted by Gasteiger charge is 2.36. The van der Waals surface area contributed by atoms with Crippen molar-refractivity contribution in [1.82, 2.24) is 4.72 Å². The highest BCUT2D eigenvalue weighted by atomic mass is 32.2. The van der Waals surface area contributed by atoms with Crippen LogP contribution in [0.1, 0.15) is 43.4 Å². The van der Waals surface area contributed by atoms with Crippen LogP contribution in [0.3, 0.4) is 0 Å². The maximum absolute atomic E-state index is 13.1. The Balaban J connectivity index is 1.56. The van der Waals surface area contributed by atoms with Gasteiger partial charge in [-0.15, -0.1) is 0 Å². The van der Waals surface area contributed by atoms with E-state index < -0.39 is 16.1 Å². The van der Waals surface area contributed by atoms with Gasteiger partial charge in [0.15, 0.2) is 11.5 Å². The van der Waals surface area contributed by atoms with Crippen molar-refractivity contribution in [2.75, 3.05) is 25.7 Å². The number of amides is 1. The van der Waals surface area contributed by atoms with E-state index >= 15 is 0 Å². The standard InChI is InChI=1S/C23H28N2O5S/c1-4-19(16-7-10-21(29-2)22(14-16)30-3)24-31(27,28)18-8-9-20-17(13-18)11-12-25(20)23(26)15-5-6-15/h7-10,13-15,19,24H,4-6,11-12H2,1-3H3. The van der Waals surface area contributed by atoms with Gasteiger partial charge in [-0.2, -0.15) is 0 Å². The zero-order valence-electron chi connectivity index (χ0n) is 18.1. The van der Waals surface area contributed by atoms with E-state index in [2.05, 4.69) is 4.72 Å². The average Bonchev–Trinajstić information content (AvgIpc) is 3.55. The Labute approximate surface area is 183 Å². The smallest absolute Gasteiger partial charge is 0.241 e. The molecule has 0 bridgehead atoms. The summed E-state index contributed by atoms with van der Waals surface area (Å²) in [4.78, 5) is 14.5. The van der Waals surface area contributed by atoms with Gasteiger partial charge in [-0.05, 0) is 67.1 Å². The number of methoxy groups -OCH3 is 2. The van der Waals surface area contributed by atoms with Crippen LogP contribution in [0.4, 0.5) is 5.69 Å². The molecule has 31 heavy (non-hydrogen) atoms. The van der Waals surface area contributed by atoms with E-state index in [1.807, 2.05) is 13.0 Å². The third-order valence-corrected chi connectivity index (χ3v) is 7.43. The van der Waals surface area contributed by atoms with Crippen LogP contribution in [-0.2, 0) is 21.2 Å². The number of hydrogen-bond donors (Lipinski definition) is 1. The predicted molar refractivity (Wildman–Crippen MR) is 118 cm³/mol. The Kier molecular flexibility index (Phi) is 5.94. The molecule has 2 aliphatic rings. The second-order valence-corrected chi connectivity index (χ2v) is 9.72. The summed E-state index contributed by atoms with van der Waals surface area (Å²) in [7, 11) is -0.633. The number of hydrogen-bond acceptors (Lipinski definition) is 5. The van der Waals surface area contributed by atoms with Gasteiger partial charge in [0.1, 0.15) is 0 Å². The first-order valence-electron chi connectivity index (χ1n) is 10.6. The third kappa shape index (κ3) is 4.27. The van der Waals surface area contributed by atoms with Gasteiger partial charge >= 0.3 is 0 Å². The fourth-order valence-corrected chi connectivity index (χ4v) is 5.39. The molecule has 0 aromatic heterocycles. The number of fused-ring (bicyclic) bond motifs is 1. The molecule has 2 aromatic rings. The van der Waals surface area contributed by atoms with Gasteiger partial charge in [0.2, 0.25) is 15.9 Å². The van der Waals surface area contributed by atoms with Crippen molar-refractivity contribution >= 4 is 21.6 Å². The Bertz CT molecular complexity index is 1100. The summed E-state index contributed by atoms with van der Waals surface area (Å²) in [6, 6.07) is 10.0. The zero-order valence-corrected chi connectivity index (χ0v) is 18.9. The number of nitrogens with one attached hydrogen (secondary N) is 1. The number of carbonyl (C=O) groups is 1. The number of ether oxygens (including phenoxy) is 2. The summed E-state index contributed by atoms with van der Waals surface area (Å²) in [6.07, 6.45) is 3.15. The van der Waals surface area contributed by atoms with Crippen molar-refractivity contribution < 1.29 is 22.7 Å². The van der Waals surface area contributed by atoms with Crippen molar-refractivity contribution in [3.05, 3.63) is 47.5 Å². The van der Waals surface area contributed by atoms with Gasteiger partial charge in [0.05, 0.1) is 19.1 Å². The highest BCUT2D eigenvalue weighted by Crippen LogP contribution is 2.37. The van der Waals surface area contributed by atoms with Gasteiger partial charge in [-0.1, -0.05) is 13.0 Å². The fourth-order valence-electron chi connectivity index (χ4n) is 4.04. The summed E-state index contributed by atoms with van der Waals surface area (Å²) in [5, 5.41) is 0. The molecule has 1 saturated carbocycles. The Morgan fingerprint density at radius 3 is 2.52 bits per heavy atom. The minimum Gasteiger partial charge on any atom is -0.493 e. The SMILES string of the molecule is CCC(NS(=O)(=O)c1ccc2c(c1)CCN2C(=O)C1CC1)c1ccc(OC)c(OC)c1. The first-order chi connectivity index (χ1) is 14.9. The summed E-state index contributed by atoms with van der Waals surface area (Å²) in [5.74, 6) is 1.44. The minimum absolute atomic E-state index is 0.142. The Morgan fingerprint density at radius 1 is 1.13 bits per heavy atom. The van der Waals surface area contributed by atoms with Crippen molar-refractivity contribution in [1.29, 1.82) is 0 Å². The number of nitrogens with zero attached hydrogens (tertiary/aromatic N) is 1. The van der Waals surface area contributed by atoms with Gasteiger partial charge in [0.25, 0.3) is 0 Å². The highest BCUT2D eigenvalue weighted by molar-refractivity contribution is 7.89. The summed E-state index contributed by atoms with van der Waals surface area (Å²) in [6.45, 7) is 2.54. The quantitative estimate of drug-likeness (QED) is 0.674. The Morgan fingerprint density at radius 2 is 1.87 bits per heavy atom. The molecule has 1 atom stereocenters. The molecule has 4 rings (SSSR count). The van der Waals surface area contributed by atoms with Crippen molar-refractivity contribution in [3.8, 4) is 11.5 Å². The van der Waals surface area contributed by atoms with E-state index in [1.165, 1.54) is 0 Å². The molecule has 1 heterocycles. The molecule has 1 unspecified atom stereocenters. The normalized spacial score (nSPS) is 16.7. The van der Waals surface area contributed by atoms with Crippen LogP contribution in [0, 0.1) is 5.92 Å². The lowest BCUT2D eigenvalue weighted by Crippen LogP contribution is -2.30. The largest absolute Gasteiger partial charge is 0.493 e. The van der Waals surface area contributed by atoms with Gasteiger partial charge in [0, 0.05) is 24.2 Å². The molecular weight excluding hydrogens is 416 g/mol. The van der Waals surface area contributed by atoms with Crippen LogP contribution in [0.25, 0.3) is 0 Å². The molecule has 0 saturated heterocycles. The third-order valence-electron chi connectivity index (χ3n) is 5.97. The molecule has 1 amide bonds. The minimum atomic E-state index is -3.74. The van der Waals surface area contributed by atoms with E-state index in [-0.39, 0.29) is 16.7 Å². The van der Waals surface area contributed by atoms with E-state index in [9.17, 15) is 13.2 Å². The number of rotatable bonds is 8. The number of anilines is 1. The van der Waals surface area contributed by atoms with E-state index in [0.717, 1.165) is 29.7 Å². The van der Waals surface area contributed by atoms with Crippen LogP contribution in [0.15, 0.2) is 41.3 Å². The molecule has 0 radical (unpaired) electrons. The van der Waals surface area contributed by atoms with E-state index in [4.69, 9.17) is 9.47 Å². The molecule has 166 valence electrons. The second kappa shape index (κ2) is 8.51. The lowest BCUT2D eigenvalue weighted by molar-refractivity contribution is -0.119. The summed E-state index contributed by atoms with van der Waals surface area (Å²) >= 11 is 0. The molecule has 1 fully saturated rings. The van der Waals surface area contributed by atoms with Crippen LogP contribution in [-0.4, -0.2) is 35.1 Å². The number of benzene rings is 2. The maximum Gasteiger partial charge on any atom is 0.241 e. The monoisotopic (exact) mass is 444 g/mol. The van der Waals surface area contributed by atoms with Gasteiger partial charge in [-0.3, -0.25) is 4.79 Å². The van der Waals surface area contributed by atoms with Crippen molar-refractivity contribution in [3.63, 3.8) is 0 Å². The first kappa shape index (κ1) is 21.6. The number of carbonyl (C=O) groups excluding carboxylic acids is 1. The lowest BCUT2D eigenvalue weighted by Gasteiger charge is -2.20. The predicted octanol–water partition coefficient (Wildman–Crippen LogP) is 3.43. The van der Waals surface area contributed by atoms with Crippen molar-refractivity contribution in [2.45, 2.75) is 43.5 Å². The van der Waals surface area contributed by atoms with Crippen molar-refractivity contribution in [2.24, 2.45) is 5.92 Å². The topological polar surface area (TPSA) is 84.9 Å². The van der Waals surface area contributed by atoms with E-state index in [0.29, 0.717) is 30.9 Å². The molecule has 1 aliphatic carbocycles. The maximum atomic E-state index is 13.1. The first-order valence-corrected chi connectivity index (χ1v) is 12.0. The molecule has 8 heteroatoms. The fraction of sp³-hybridized carbons (Fsp3) is 0.435. The van der Waals surface area contributed by atoms with Crippen LogP contribution < -0.4 is 19.1 Å². The van der Waals surface area contributed by atoms with Crippen LogP contribution in [0.5, 0.6) is 11.5 Å². The lowest BCUT2D eigenvalue weighted by atomic mass is 10.1. The molecule has 7 nitrogen and oxygen atoms in total. The number of sulfonamides is 1. The van der Waals surface area contributed by atoms with Gasteiger partial charge < -0.3 is 14.4 Å². The summed E-state index contributed by atoms with van der Waals surface area (Å²) in [5.41, 5.74) is 2.53. The summed E-state index contributed by atoms with van der Waals surface area (Å²) < 4.78 is 39.7. The van der Waals surface area contributed by atoms with E-state index in [1.54, 1.807) is 49.5 Å². The van der Waals surface area contributed by atoms with Crippen LogP contribution in [0.2, 0.25) is 0 Å². The molecule has 1 N–H and O–H groups in total. The average molecular weight is 445 g/mol. The zero-order chi connectivity index (χ0) is 22.2. The Hall–Kier alpha value is -2.58. The van der Waals surface area contributed by atoms with Crippen LogP contribution >= 0.6 is 0 Å². The molecule has 2 aromatic carbocycles. The molecule has 1 aliphatic heterocycles.